The van der Waals surface area contributed by atoms with Gasteiger partial charge in [-0.2, -0.15) is 0 Å². The summed E-state index contributed by atoms with van der Waals surface area (Å²) in [6.45, 7) is 3.81. The summed E-state index contributed by atoms with van der Waals surface area (Å²) in [7, 11) is 3.37. The molecule has 110 valence electrons. The van der Waals surface area contributed by atoms with Crippen LogP contribution in [0, 0.1) is 11.7 Å². The van der Waals surface area contributed by atoms with E-state index in [9.17, 15) is 9.18 Å². The molecule has 0 spiro atoms. The van der Waals surface area contributed by atoms with E-state index in [-0.39, 0.29) is 5.56 Å². The minimum absolute atomic E-state index is 0.0198. The minimum atomic E-state index is -0.643. The largest absolute Gasteiger partial charge is 0.465 e. The van der Waals surface area contributed by atoms with Crippen molar-refractivity contribution in [2.45, 2.75) is 13.0 Å². The van der Waals surface area contributed by atoms with Crippen molar-refractivity contribution in [2.24, 2.45) is 5.92 Å². The van der Waals surface area contributed by atoms with Crippen LogP contribution in [0.5, 0.6) is 0 Å². The van der Waals surface area contributed by atoms with Crippen molar-refractivity contribution >= 4 is 5.97 Å². The Morgan fingerprint density at radius 3 is 2.95 bits per heavy atom. The summed E-state index contributed by atoms with van der Waals surface area (Å²) in [6, 6.07) is 4.62. The molecule has 1 N–H and O–H groups in total. The molecule has 2 rings (SSSR count). The normalized spacial score (nSPS) is 19.2. The molecule has 1 unspecified atom stereocenters. The van der Waals surface area contributed by atoms with E-state index in [1.807, 2.05) is 0 Å². The first-order valence-corrected chi connectivity index (χ1v) is 6.86. The number of rotatable bonds is 5. The zero-order valence-electron chi connectivity index (χ0n) is 12.0. The van der Waals surface area contributed by atoms with Gasteiger partial charge in [0.05, 0.1) is 12.7 Å². The van der Waals surface area contributed by atoms with Crippen LogP contribution < -0.4 is 5.32 Å². The third kappa shape index (κ3) is 3.77. The number of methoxy groups -OCH3 is 1. The number of nitrogens with one attached hydrogen (secondary N) is 1. The van der Waals surface area contributed by atoms with Crippen LogP contribution in [0.25, 0.3) is 0 Å². The van der Waals surface area contributed by atoms with Crippen LogP contribution in [0.15, 0.2) is 18.2 Å². The maximum absolute atomic E-state index is 13.7. The number of esters is 1. The molecule has 1 saturated heterocycles. The van der Waals surface area contributed by atoms with Gasteiger partial charge in [0.25, 0.3) is 0 Å². The predicted octanol–water partition coefficient (Wildman–Crippen LogP) is 1.65. The Morgan fingerprint density at radius 1 is 1.55 bits per heavy atom. The van der Waals surface area contributed by atoms with Gasteiger partial charge in [0.1, 0.15) is 5.82 Å². The average Bonchev–Trinajstić information content (AvgIpc) is 2.84. The number of ether oxygens (including phenoxy) is 1. The van der Waals surface area contributed by atoms with Crippen LogP contribution in [0.4, 0.5) is 4.39 Å². The summed E-state index contributed by atoms with van der Waals surface area (Å²) in [5.41, 5.74) is 0.815. The van der Waals surface area contributed by atoms with E-state index < -0.39 is 11.8 Å². The van der Waals surface area contributed by atoms with E-state index in [4.69, 9.17) is 0 Å². The lowest BCUT2D eigenvalue weighted by Gasteiger charge is -2.12. The summed E-state index contributed by atoms with van der Waals surface area (Å²) < 4.78 is 18.2. The average molecular weight is 280 g/mol. The highest BCUT2D eigenvalue weighted by atomic mass is 19.1. The van der Waals surface area contributed by atoms with Crippen LogP contribution in [-0.4, -0.2) is 44.7 Å². The van der Waals surface area contributed by atoms with Gasteiger partial charge >= 0.3 is 5.97 Å². The molecule has 1 heterocycles. The highest BCUT2D eigenvalue weighted by Crippen LogP contribution is 2.14. The van der Waals surface area contributed by atoms with Gasteiger partial charge < -0.3 is 15.0 Å². The zero-order chi connectivity index (χ0) is 14.5. The van der Waals surface area contributed by atoms with E-state index in [2.05, 4.69) is 22.0 Å². The third-order valence-corrected chi connectivity index (χ3v) is 3.69. The number of carbonyl (C=O) groups excluding carboxylic acids is 1. The number of likely N-dealkylation sites (tertiary alicyclic amines) is 1. The van der Waals surface area contributed by atoms with E-state index >= 15 is 0 Å². The molecule has 1 fully saturated rings. The Kier molecular flexibility index (Phi) is 5.09. The number of nitrogens with zero attached hydrogens (tertiary/aromatic N) is 1. The SMILES string of the molecule is COC(=O)c1ccc(CNCC2CCN(C)C2)cc1F. The molecule has 1 aromatic rings. The van der Waals surface area contributed by atoms with Gasteiger partial charge in [-0.3, -0.25) is 0 Å². The summed E-state index contributed by atoms with van der Waals surface area (Å²) in [6.07, 6.45) is 1.21. The molecule has 0 aromatic heterocycles. The van der Waals surface area contributed by atoms with Crippen molar-refractivity contribution in [3.63, 3.8) is 0 Å². The van der Waals surface area contributed by atoms with Gasteiger partial charge in [0.15, 0.2) is 0 Å². The Balaban J connectivity index is 1.84. The molecular formula is C15H21FN2O2. The number of hydrogen-bond donors (Lipinski definition) is 1. The van der Waals surface area contributed by atoms with E-state index in [1.165, 1.54) is 25.7 Å². The van der Waals surface area contributed by atoms with Gasteiger partial charge in [0, 0.05) is 13.1 Å². The van der Waals surface area contributed by atoms with Crippen molar-refractivity contribution in [2.75, 3.05) is 33.8 Å². The Hall–Kier alpha value is -1.46. The fourth-order valence-corrected chi connectivity index (χ4v) is 2.56. The molecule has 20 heavy (non-hydrogen) atoms. The summed E-state index contributed by atoms with van der Waals surface area (Å²) in [5, 5.41) is 3.34. The molecule has 0 saturated carbocycles. The van der Waals surface area contributed by atoms with Crippen LogP contribution in [0.1, 0.15) is 22.3 Å². The Morgan fingerprint density at radius 2 is 2.35 bits per heavy atom. The summed E-state index contributed by atoms with van der Waals surface area (Å²) in [5.74, 6) is -0.507. The lowest BCUT2D eigenvalue weighted by atomic mass is 10.1. The maximum atomic E-state index is 13.7. The molecule has 1 atom stereocenters. The Bertz CT molecular complexity index is 479. The lowest BCUT2D eigenvalue weighted by molar-refractivity contribution is 0.0595. The van der Waals surface area contributed by atoms with Crippen LogP contribution in [0.2, 0.25) is 0 Å². The van der Waals surface area contributed by atoms with Gasteiger partial charge in [-0.1, -0.05) is 6.07 Å². The van der Waals surface area contributed by atoms with Gasteiger partial charge in [-0.25, -0.2) is 9.18 Å². The van der Waals surface area contributed by atoms with Crippen molar-refractivity contribution in [1.82, 2.24) is 10.2 Å². The summed E-state index contributed by atoms with van der Waals surface area (Å²) in [4.78, 5) is 13.6. The van der Waals surface area contributed by atoms with E-state index in [1.54, 1.807) is 6.07 Å². The van der Waals surface area contributed by atoms with Crippen molar-refractivity contribution in [1.29, 1.82) is 0 Å². The fourth-order valence-electron chi connectivity index (χ4n) is 2.56. The standard InChI is InChI=1S/C15H21FN2O2/c1-18-6-5-12(10-18)9-17-8-11-3-4-13(14(16)7-11)15(19)20-2/h3-4,7,12,17H,5-6,8-10H2,1-2H3. The van der Waals surface area contributed by atoms with Crippen LogP contribution in [-0.2, 0) is 11.3 Å². The topological polar surface area (TPSA) is 41.6 Å². The fraction of sp³-hybridized carbons (Fsp3) is 0.533. The van der Waals surface area contributed by atoms with Crippen LogP contribution in [0.3, 0.4) is 0 Å². The number of carbonyl (C=O) groups is 1. The minimum Gasteiger partial charge on any atom is -0.465 e. The summed E-state index contributed by atoms with van der Waals surface area (Å²) >= 11 is 0. The first-order chi connectivity index (χ1) is 9.60. The first kappa shape index (κ1) is 14.9. The van der Waals surface area contributed by atoms with Crippen molar-refractivity contribution in [3.05, 3.63) is 35.1 Å². The van der Waals surface area contributed by atoms with E-state index in [0.29, 0.717) is 12.5 Å². The molecule has 0 amide bonds. The molecule has 1 aliphatic heterocycles. The lowest BCUT2D eigenvalue weighted by Crippen LogP contribution is -2.24. The second-order valence-electron chi connectivity index (χ2n) is 5.35. The molecule has 5 heteroatoms. The maximum Gasteiger partial charge on any atom is 0.340 e. The van der Waals surface area contributed by atoms with Crippen molar-refractivity contribution in [3.8, 4) is 0 Å². The van der Waals surface area contributed by atoms with Gasteiger partial charge in [0.2, 0.25) is 0 Å². The highest BCUT2D eigenvalue weighted by molar-refractivity contribution is 5.89. The molecule has 0 aliphatic carbocycles. The highest BCUT2D eigenvalue weighted by Gasteiger charge is 2.18. The van der Waals surface area contributed by atoms with E-state index in [0.717, 1.165) is 25.2 Å². The third-order valence-electron chi connectivity index (χ3n) is 3.69. The molecule has 4 nitrogen and oxygen atoms in total. The molecule has 1 aliphatic rings. The number of hydrogen-bond acceptors (Lipinski definition) is 4. The second-order valence-corrected chi connectivity index (χ2v) is 5.35. The molecule has 1 aromatic carbocycles. The first-order valence-electron chi connectivity index (χ1n) is 6.86. The van der Waals surface area contributed by atoms with Gasteiger partial charge in [-0.15, -0.1) is 0 Å². The predicted molar refractivity (Wildman–Crippen MR) is 75.1 cm³/mol. The smallest absolute Gasteiger partial charge is 0.340 e. The second kappa shape index (κ2) is 6.81. The monoisotopic (exact) mass is 280 g/mol. The quantitative estimate of drug-likeness (QED) is 0.833. The number of halogens is 1. The Labute approximate surface area is 118 Å². The van der Waals surface area contributed by atoms with Crippen molar-refractivity contribution < 1.29 is 13.9 Å². The number of benzene rings is 1. The molecular weight excluding hydrogens is 259 g/mol. The zero-order valence-corrected chi connectivity index (χ0v) is 12.0. The molecule has 0 radical (unpaired) electrons. The molecule has 0 bridgehead atoms. The van der Waals surface area contributed by atoms with Gasteiger partial charge in [-0.05, 0) is 50.2 Å². The van der Waals surface area contributed by atoms with Crippen LogP contribution >= 0.6 is 0 Å².